The Morgan fingerprint density at radius 2 is 1.69 bits per heavy atom. The van der Waals surface area contributed by atoms with Crippen LogP contribution >= 0.6 is 0 Å². The van der Waals surface area contributed by atoms with Gasteiger partial charge in [0.05, 0.1) is 32.2 Å². The van der Waals surface area contributed by atoms with E-state index in [1.54, 1.807) is 11.9 Å². The molecule has 1 N–H and O–H groups in total. The van der Waals surface area contributed by atoms with Crippen LogP contribution in [0, 0.1) is 5.82 Å². The molecular weight excluding hydrogens is 393 g/mol. The van der Waals surface area contributed by atoms with Crippen molar-refractivity contribution in [2.24, 2.45) is 0 Å². The zero-order valence-electron chi connectivity index (χ0n) is 16.7. The number of hydrogen-bond acceptors (Lipinski definition) is 3. The molecule has 2 aromatic carbocycles. The molecule has 1 amide bonds. The number of amides is 1. The molecular formula is C21H27FN3O3S+. The molecule has 0 aromatic heterocycles. The molecule has 1 fully saturated rings. The molecule has 0 bridgehead atoms. The van der Waals surface area contributed by atoms with Gasteiger partial charge >= 0.3 is 0 Å². The fourth-order valence-corrected chi connectivity index (χ4v) is 5.03. The molecule has 2 aromatic rings. The van der Waals surface area contributed by atoms with Crippen molar-refractivity contribution < 1.29 is 22.5 Å². The molecule has 0 saturated carbocycles. The van der Waals surface area contributed by atoms with Gasteiger partial charge in [-0.1, -0.05) is 42.5 Å². The maximum absolute atomic E-state index is 13.9. The highest BCUT2D eigenvalue weighted by Crippen LogP contribution is 2.19. The third-order valence-corrected chi connectivity index (χ3v) is 7.47. The van der Waals surface area contributed by atoms with Gasteiger partial charge in [0.25, 0.3) is 5.91 Å². The predicted molar refractivity (Wildman–Crippen MR) is 108 cm³/mol. The normalized spacial score (nSPS) is 17.1. The average Bonchev–Trinajstić information content (AvgIpc) is 2.74. The highest BCUT2D eigenvalue weighted by Gasteiger charge is 2.33. The Labute approximate surface area is 171 Å². The van der Waals surface area contributed by atoms with Crippen molar-refractivity contribution in [2.75, 3.05) is 39.8 Å². The number of carbonyl (C=O) groups is 1. The van der Waals surface area contributed by atoms with E-state index in [0.29, 0.717) is 19.6 Å². The van der Waals surface area contributed by atoms with Gasteiger partial charge < -0.3 is 9.80 Å². The van der Waals surface area contributed by atoms with Crippen LogP contribution in [0.25, 0.3) is 0 Å². The Hall–Kier alpha value is -2.29. The van der Waals surface area contributed by atoms with E-state index in [1.165, 1.54) is 22.5 Å². The van der Waals surface area contributed by atoms with Crippen LogP contribution in [0.3, 0.4) is 0 Å². The first-order valence-electron chi connectivity index (χ1n) is 9.69. The monoisotopic (exact) mass is 420 g/mol. The minimum absolute atomic E-state index is 0.0155. The number of carbonyl (C=O) groups excluding carboxylic acids is 1. The minimum atomic E-state index is -3.86. The summed E-state index contributed by atoms with van der Waals surface area (Å²) >= 11 is 0. The van der Waals surface area contributed by atoms with Crippen LogP contribution in [0.5, 0.6) is 0 Å². The summed E-state index contributed by atoms with van der Waals surface area (Å²) in [6.07, 6.45) is 0. The molecule has 3 rings (SSSR count). The van der Waals surface area contributed by atoms with Crippen LogP contribution in [0.1, 0.15) is 18.5 Å². The van der Waals surface area contributed by atoms with E-state index in [0.717, 1.165) is 16.5 Å². The minimum Gasteiger partial charge on any atom is -0.334 e. The number of nitrogens with one attached hydrogen (secondary N) is 1. The molecule has 1 aliphatic rings. The van der Waals surface area contributed by atoms with E-state index < -0.39 is 15.8 Å². The lowest BCUT2D eigenvalue weighted by atomic mass is 10.1. The molecule has 1 aliphatic heterocycles. The number of hydrogen-bond donors (Lipinski definition) is 1. The maximum Gasteiger partial charge on any atom is 0.278 e. The van der Waals surface area contributed by atoms with Crippen molar-refractivity contribution in [3.8, 4) is 0 Å². The first-order chi connectivity index (χ1) is 13.8. The maximum atomic E-state index is 13.9. The number of likely N-dealkylation sites (N-methyl/N-ethyl adjacent to an activating group) is 1. The van der Waals surface area contributed by atoms with Gasteiger partial charge in [-0.25, -0.2) is 12.8 Å². The van der Waals surface area contributed by atoms with Gasteiger partial charge in [0, 0.05) is 7.05 Å². The van der Waals surface area contributed by atoms with Crippen LogP contribution in [0.2, 0.25) is 0 Å². The fraction of sp³-hybridized carbons (Fsp3) is 0.381. The number of benzene rings is 2. The van der Waals surface area contributed by atoms with Gasteiger partial charge in [-0.15, -0.1) is 0 Å². The molecule has 1 atom stereocenters. The lowest BCUT2D eigenvalue weighted by molar-refractivity contribution is -0.896. The van der Waals surface area contributed by atoms with Gasteiger partial charge in [-0.2, -0.15) is 4.31 Å². The van der Waals surface area contributed by atoms with E-state index in [2.05, 4.69) is 0 Å². The topological polar surface area (TPSA) is 62.1 Å². The second kappa shape index (κ2) is 9.02. The molecule has 6 nitrogen and oxygen atoms in total. The highest BCUT2D eigenvalue weighted by atomic mass is 32.2. The third-order valence-electron chi connectivity index (χ3n) is 5.54. The smallest absolute Gasteiger partial charge is 0.278 e. The van der Waals surface area contributed by atoms with Crippen LogP contribution in [-0.2, 0) is 14.8 Å². The number of quaternary nitrogens is 1. The molecule has 29 heavy (non-hydrogen) atoms. The Kier molecular flexibility index (Phi) is 6.66. The summed E-state index contributed by atoms with van der Waals surface area (Å²) in [4.78, 5) is 15.2. The Morgan fingerprint density at radius 1 is 1.10 bits per heavy atom. The molecule has 0 aliphatic carbocycles. The predicted octanol–water partition coefficient (Wildman–Crippen LogP) is 0.935. The van der Waals surface area contributed by atoms with E-state index in [1.807, 2.05) is 37.3 Å². The van der Waals surface area contributed by atoms with E-state index >= 15 is 0 Å². The summed E-state index contributed by atoms with van der Waals surface area (Å²) in [6.45, 7) is 3.83. The number of halogens is 1. The summed E-state index contributed by atoms with van der Waals surface area (Å²) < 4.78 is 40.6. The van der Waals surface area contributed by atoms with E-state index in [4.69, 9.17) is 0 Å². The van der Waals surface area contributed by atoms with Crippen molar-refractivity contribution >= 4 is 15.9 Å². The molecule has 156 valence electrons. The van der Waals surface area contributed by atoms with Gasteiger partial charge in [0.2, 0.25) is 10.0 Å². The van der Waals surface area contributed by atoms with Crippen LogP contribution < -0.4 is 4.90 Å². The lowest BCUT2D eigenvalue weighted by Crippen LogP contribution is -3.15. The third kappa shape index (κ3) is 4.83. The van der Waals surface area contributed by atoms with Gasteiger partial charge in [0.1, 0.15) is 10.7 Å². The van der Waals surface area contributed by atoms with Crippen LogP contribution in [-0.4, -0.2) is 63.3 Å². The number of piperazine rings is 1. The number of sulfonamides is 1. The standard InChI is InChI=1S/C21H26FN3O3S/c1-17(18-8-4-3-5-9-18)23(2)21(26)16-24-12-14-25(15-13-24)29(27,28)20-11-7-6-10-19(20)22/h3-11,17H,12-16H2,1-2H3/p+1/t17-/m0/s1. The Bertz CT molecular complexity index is 945. The molecule has 1 heterocycles. The quantitative estimate of drug-likeness (QED) is 0.757. The van der Waals surface area contributed by atoms with Crippen molar-refractivity contribution in [3.05, 3.63) is 66.0 Å². The highest BCUT2D eigenvalue weighted by molar-refractivity contribution is 7.89. The Morgan fingerprint density at radius 3 is 2.31 bits per heavy atom. The van der Waals surface area contributed by atoms with Crippen molar-refractivity contribution in [2.45, 2.75) is 17.9 Å². The molecule has 0 radical (unpaired) electrons. The number of rotatable bonds is 6. The van der Waals surface area contributed by atoms with E-state index in [9.17, 15) is 17.6 Å². The van der Waals surface area contributed by atoms with Crippen LogP contribution in [0.15, 0.2) is 59.5 Å². The summed E-state index contributed by atoms with van der Waals surface area (Å²) in [7, 11) is -2.07. The van der Waals surface area contributed by atoms with Crippen LogP contribution in [0.4, 0.5) is 4.39 Å². The SMILES string of the molecule is C[C@@H](c1ccccc1)N(C)C(=O)C[NH+]1CCN(S(=O)(=O)c2ccccc2F)CC1. The van der Waals surface area contributed by atoms with Crippen molar-refractivity contribution in [1.82, 2.24) is 9.21 Å². The first-order valence-corrected chi connectivity index (χ1v) is 11.1. The molecule has 1 saturated heterocycles. The second-order valence-corrected chi connectivity index (χ2v) is 9.26. The van der Waals surface area contributed by atoms with Gasteiger partial charge in [0.15, 0.2) is 6.54 Å². The summed E-state index contributed by atoms with van der Waals surface area (Å²) in [5.41, 5.74) is 1.07. The fourth-order valence-electron chi connectivity index (χ4n) is 3.52. The largest absolute Gasteiger partial charge is 0.334 e. The second-order valence-electron chi connectivity index (χ2n) is 7.35. The molecule has 0 spiro atoms. The van der Waals surface area contributed by atoms with Gasteiger partial charge in [-0.05, 0) is 24.6 Å². The number of nitrogens with zero attached hydrogens (tertiary/aromatic N) is 2. The lowest BCUT2D eigenvalue weighted by Gasteiger charge is -2.33. The van der Waals surface area contributed by atoms with E-state index in [-0.39, 0.29) is 29.9 Å². The average molecular weight is 421 g/mol. The Balaban J connectivity index is 1.57. The zero-order valence-corrected chi connectivity index (χ0v) is 17.5. The molecule has 8 heteroatoms. The van der Waals surface area contributed by atoms with Crippen molar-refractivity contribution in [3.63, 3.8) is 0 Å². The summed E-state index contributed by atoms with van der Waals surface area (Å²) in [5, 5.41) is 0. The molecule has 0 unspecified atom stereocenters. The van der Waals surface area contributed by atoms with Crippen molar-refractivity contribution in [1.29, 1.82) is 0 Å². The first kappa shape index (κ1) is 21.4. The van der Waals surface area contributed by atoms with Gasteiger partial charge in [-0.3, -0.25) is 4.79 Å². The summed E-state index contributed by atoms with van der Waals surface area (Å²) in [5.74, 6) is -0.726. The summed E-state index contributed by atoms with van der Waals surface area (Å²) in [6, 6.07) is 15.2. The zero-order chi connectivity index (χ0) is 21.0.